The van der Waals surface area contributed by atoms with Gasteiger partial charge in [-0.3, -0.25) is 0 Å². The molecule has 2 N–H and O–H groups in total. The molecule has 0 aromatic rings. The fraction of sp³-hybridized carbons (Fsp3) is 1.00. The average Bonchev–Trinajstić information content (AvgIpc) is 2.02. The van der Waals surface area contributed by atoms with Gasteiger partial charge in [-0.25, -0.2) is 0 Å². The number of aliphatic hydroxyl groups excluding tert-OH is 2. The normalized spacial score (nSPS) is 8.80. The molecule has 0 atom stereocenters. The van der Waals surface area contributed by atoms with E-state index in [-0.39, 0.29) is 18.6 Å². The number of rotatable bonds is 2. The van der Waals surface area contributed by atoms with Crippen molar-refractivity contribution in [2.75, 3.05) is 13.2 Å². The molecule has 10 heteroatoms. The molecule has 0 aromatic heterocycles. The summed E-state index contributed by atoms with van der Waals surface area (Å²) in [6.45, 7) is 3.69. The second kappa shape index (κ2) is 10.4. The van der Waals surface area contributed by atoms with Crippen molar-refractivity contribution in [3.05, 3.63) is 30.6 Å². The third-order valence-electron chi connectivity index (χ3n) is 0.856. The Morgan fingerprint density at radius 1 is 0.933 bits per heavy atom. The van der Waals surface area contributed by atoms with Crippen LogP contribution >= 0.6 is 0 Å². The highest BCUT2D eigenvalue weighted by Crippen LogP contribution is 2.10. The van der Waals surface area contributed by atoms with Gasteiger partial charge in [0.15, 0.2) is 0 Å². The monoisotopic (exact) mass is 228 g/mol. The fourth-order valence-electron chi connectivity index (χ4n) is 0.0500. The largest absolute Gasteiger partial charge is 0.396 e. The van der Waals surface area contributed by atoms with Crippen LogP contribution in [0.2, 0.25) is 0 Å². The maximum atomic E-state index is 8.43. The van der Waals surface area contributed by atoms with Gasteiger partial charge in [0.05, 0.1) is 23.4 Å². The number of hydrogen-bond donors (Lipinski definition) is 2. The average molecular weight is 228 g/mol. The quantitative estimate of drug-likeness (QED) is 0.470. The molecule has 0 unspecified atom stereocenters. The van der Waals surface area contributed by atoms with Crippen molar-refractivity contribution >= 4 is 0 Å². The van der Waals surface area contributed by atoms with Gasteiger partial charge in [-0.1, -0.05) is 13.8 Å². The molecule has 0 aromatic carbocycles. The Morgan fingerprint density at radius 3 is 1.07 bits per heavy atom. The minimum Gasteiger partial charge on any atom is -0.396 e. The highest BCUT2D eigenvalue weighted by atomic mass is 16.9. The highest BCUT2D eigenvalue weighted by molar-refractivity contribution is 4.62. The molecule has 0 aliphatic heterocycles. The van der Waals surface area contributed by atoms with Crippen molar-refractivity contribution in [3.8, 4) is 0 Å². The van der Waals surface area contributed by atoms with Crippen LogP contribution < -0.4 is 0 Å². The first-order valence-electron chi connectivity index (χ1n) is 3.44. The zero-order valence-corrected chi connectivity index (χ0v) is 8.15. The fourth-order valence-corrected chi connectivity index (χ4v) is 0.0500. The summed E-state index contributed by atoms with van der Waals surface area (Å²) in [5.41, 5.74) is -0.306. The lowest BCUT2D eigenvalue weighted by atomic mass is 9.97. The van der Waals surface area contributed by atoms with E-state index in [9.17, 15) is 0 Å². The topological polar surface area (TPSA) is 173 Å². The van der Waals surface area contributed by atoms with Gasteiger partial charge in [-0.15, -0.1) is 0 Å². The molecule has 0 heterocycles. The number of hydrogen-bond acceptors (Lipinski definition) is 8. The minimum atomic E-state index is -1.75. The smallest absolute Gasteiger partial charge is 0.0689 e. The summed E-state index contributed by atoms with van der Waals surface area (Å²) < 4.78 is 0. The highest BCUT2D eigenvalue weighted by Gasteiger charge is 2.13. The summed E-state index contributed by atoms with van der Waals surface area (Å²) in [4.78, 5) is 16.5. The Morgan fingerprint density at radius 2 is 1.07 bits per heavy atom. The van der Waals surface area contributed by atoms with E-state index in [1.165, 1.54) is 0 Å². The second-order valence-corrected chi connectivity index (χ2v) is 2.93. The molecule has 0 bridgehead atoms. The van der Waals surface area contributed by atoms with Crippen molar-refractivity contribution in [1.82, 2.24) is 0 Å². The molecule has 15 heavy (non-hydrogen) atoms. The van der Waals surface area contributed by atoms with Gasteiger partial charge < -0.3 is 40.9 Å². The molecule has 0 spiro atoms. The van der Waals surface area contributed by atoms with Crippen LogP contribution in [0, 0.1) is 36.1 Å². The molecule has 0 rings (SSSR count). The summed E-state index contributed by atoms with van der Waals surface area (Å²) in [6.07, 6.45) is 0. The van der Waals surface area contributed by atoms with Crippen molar-refractivity contribution in [1.29, 1.82) is 0 Å². The summed E-state index contributed by atoms with van der Waals surface area (Å²) >= 11 is 0. The standard InChI is InChI=1S/C5H12O2.2NO3/c1-5(2,3-6)4-7;2*2-1(3)4/h6-7H,3-4H2,1-2H3;;/q;2*-1. The summed E-state index contributed by atoms with van der Waals surface area (Å²) in [6, 6.07) is 0. The van der Waals surface area contributed by atoms with Gasteiger partial charge >= 0.3 is 0 Å². The molecule has 0 aliphatic rings. The molecule has 0 aliphatic carbocycles. The van der Waals surface area contributed by atoms with Gasteiger partial charge in [0.1, 0.15) is 0 Å². The maximum absolute atomic E-state index is 8.43. The predicted octanol–water partition coefficient (Wildman–Crippen LogP) is -0.481. The first-order valence-corrected chi connectivity index (χ1v) is 3.44. The van der Waals surface area contributed by atoms with Gasteiger partial charge in [-0.05, 0) is 0 Å². The maximum Gasteiger partial charge on any atom is 0.0689 e. The first-order chi connectivity index (χ1) is 6.59. The van der Waals surface area contributed by atoms with Crippen LogP contribution in [0.3, 0.4) is 0 Å². The zero-order valence-electron chi connectivity index (χ0n) is 8.15. The number of nitrogens with zero attached hydrogens (tertiary/aromatic N) is 2. The van der Waals surface area contributed by atoms with Crippen molar-refractivity contribution in [2.24, 2.45) is 5.41 Å². The van der Waals surface area contributed by atoms with Gasteiger partial charge in [0, 0.05) is 5.41 Å². The van der Waals surface area contributed by atoms with E-state index in [2.05, 4.69) is 0 Å². The van der Waals surface area contributed by atoms with E-state index in [0.29, 0.717) is 0 Å². The Labute approximate surface area is 84.6 Å². The van der Waals surface area contributed by atoms with Crippen LogP contribution in [0.25, 0.3) is 0 Å². The van der Waals surface area contributed by atoms with E-state index in [1.54, 1.807) is 13.8 Å². The van der Waals surface area contributed by atoms with Crippen molar-refractivity contribution in [2.45, 2.75) is 13.8 Å². The van der Waals surface area contributed by atoms with E-state index in [1.807, 2.05) is 0 Å². The lowest BCUT2D eigenvalue weighted by molar-refractivity contribution is -0.403. The third kappa shape index (κ3) is 70.3. The SMILES string of the molecule is CC(C)(CO)CO.O=[N+]([O-])[O-].O=[N+]([O-])[O-]. The molecule has 92 valence electrons. The van der Waals surface area contributed by atoms with Crippen LogP contribution in [-0.4, -0.2) is 33.6 Å². The molecular formula is C5H12N2O8-2. The second-order valence-electron chi connectivity index (χ2n) is 2.93. The van der Waals surface area contributed by atoms with Gasteiger partial charge in [-0.2, -0.15) is 0 Å². The predicted molar refractivity (Wildman–Crippen MR) is 48.7 cm³/mol. The van der Waals surface area contributed by atoms with Crippen LogP contribution in [0.5, 0.6) is 0 Å². The lowest BCUT2D eigenvalue weighted by Crippen LogP contribution is -2.20. The molecule has 0 fully saturated rings. The summed E-state index contributed by atoms with van der Waals surface area (Å²) in [5, 5.41) is 46.4. The van der Waals surface area contributed by atoms with Crippen molar-refractivity contribution in [3.63, 3.8) is 0 Å². The summed E-state index contributed by atoms with van der Waals surface area (Å²) in [5.74, 6) is 0. The van der Waals surface area contributed by atoms with Gasteiger partial charge in [0.25, 0.3) is 0 Å². The van der Waals surface area contributed by atoms with Crippen LogP contribution in [0.4, 0.5) is 0 Å². The van der Waals surface area contributed by atoms with E-state index in [4.69, 9.17) is 40.9 Å². The Bertz CT molecular complexity index is 156. The molecular weight excluding hydrogens is 216 g/mol. The Balaban J connectivity index is -0.000000155. The zero-order chi connectivity index (χ0) is 13.1. The van der Waals surface area contributed by atoms with Crippen LogP contribution in [0.1, 0.15) is 13.8 Å². The lowest BCUT2D eigenvalue weighted by Gasteiger charge is -2.16. The van der Waals surface area contributed by atoms with Crippen LogP contribution in [0.15, 0.2) is 0 Å². The first kappa shape index (κ1) is 19.0. The third-order valence-corrected chi connectivity index (χ3v) is 0.856. The number of aliphatic hydroxyl groups is 2. The van der Waals surface area contributed by atoms with E-state index >= 15 is 0 Å². The Kier molecular flexibility index (Phi) is 13.2. The van der Waals surface area contributed by atoms with Crippen LogP contribution in [-0.2, 0) is 0 Å². The minimum absolute atomic E-state index is 0.0451. The molecule has 0 radical (unpaired) electrons. The molecule has 10 nitrogen and oxygen atoms in total. The van der Waals surface area contributed by atoms with E-state index in [0.717, 1.165) is 0 Å². The summed E-state index contributed by atoms with van der Waals surface area (Å²) in [7, 11) is 0. The molecule has 0 saturated heterocycles. The van der Waals surface area contributed by atoms with Gasteiger partial charge in [0.2, 0.25) is 0 Å². The Hall–Kier alpha value is -1.68. The molecule has 0 saturated carbocycles. The van der Waals surface area contributed by atoms with Crippen molar-refractivity contribution < 1.29 is 20.4 Å². The van der Waals surface area contributed by atoms with E-state index < -0.39 is 10.2 Å². The molecule has 0 amide bonds.